The van der Waals surface area contributed by atoms with Gasteiger partial charge in [-0.1, -0.05) is 12.1 Å². The quantitative estimate of drug-likeness (QED) is 0.915. The van der Waals surface area contributed by atoms with E-state index >= 15 is 0 Å². The Labute approximate surface area is 117 Å². The van der Waals surface area contributed by atoms with Crippen LogP contribution in [0.3, 0.4) is 0 Å². The van der Waals surface area contributed by atoms with E-state index in [0.29, 0.717) is 17.8 Å². The molecule has 1 aromatic carbocycles. The molecule has 2 rings (SSSR count). The van der Waals surface area contributed by atoms with E-state index < -0.39 is 10.0 Å². The summed E-state index contributed by atoms with van der Waals surface area (Å²) in [7, 11) is -3.62. The summed E-state index contributed by atoms with van der Waals surface area (Å²) in [6.07, 6.45) is 1.34. The first-order chi connectivity index (χ1) is 9.44. The zero-order chi connectivity index (χ0) is 14.8. The van der Waals surface area contributed by atoms with E-state index in [4.69, 9.17) is 0 Å². The van der Waals surface area contributed by atoms with Gasteiger partial charge in [0.05, 0.1) is 11.9 Å². The maximum atomic E-state index is 12.8. The van der Waals surface area contributed by atoms with Crippen LogP contribution in [-0.4, -0.2) is 18.2 Å². The summed E-state index contributed by atoms with van der Waals surface area (Å²) >= 11 is 0. The Hall–Kier alpha value is -1.73. The summed E-state index contributed by atoms with van der Waals surface area (Å²) in [6.45, 7) is 4.32. The van der Waals surface area contributed by atoms with Gasteiger partial charge >= 0.3 is 0 Å². The molecule has 0 unspecified atom stereocenters. The van der Waals surface area contributed by atoms with Crippen molar-refractivity contribution in [1.29, 1.82) is 0 Å². The van der Waals surface area contributed by atoms with Gasteiger partial charge in [0.1, 0.15) is 10.7 Å². The number of aromatic nitrogens is 2. The van der Waals surface area contributed by atoms with Gasteiger partial charge in [-0.2, -0.15) is 5.10 Å². The van der Waals surface area contributed by atoms with Crippen LogP contribution in [0.2, 0.25) is 0 Å². The monoisotopic (exact) mass is 297 g/mol. The van der Waals surface area contributed by atoms with Crippen LogP contribution in [0.5, 0.6) is 0 Å². The highest BCUT2D eigenvalue weighted by atomic mass is 32.2. The van der Waals surface area contributed by atoms with Gasteiger partial charge < -0.3 is 0 Å². The molecule has 0 fully saturated rings. The van der Waals surface area contributed by atoms with E-state index in [9.17, 15) is 12.8 Å². The van der Waals surface area contributed by atoms with Gasteiger partial charge in [0.25, 0.3) is 0 Å². The van der Waals surface area contributed by atoms with Gasteiger partial charge in [-0.3, -0.25) is 4.68 Å². The Kier molecular flexibility index (Phi) is 4.20. The lowest BCUT2D eigenvalue weighted by atomic mass is 10.2. The van der Waals surface area contributed by atoms with E-state index in [1.165, 1.54) is 18.3 Å². The fraction of sp³-hybridized carbons (Fsp3) is 0.308. The lowest BCUT2D eigenvalue weighted by Gasteiger charge is -2.07. The molecule has 0 bridgehead atoms. The molecule has 0 saturated heterocycles. The molecule has 0 aliphatic heterocycles. The van der Waals surface area contributed by atoms with Crippen molar-refractivity contribution >= 4 is 10.0 Å². The molecule has 2 aromatic rings. The first kappa shape index (κ1) is 14.7. The van der Waals surface area contributed by atoms with Gasteiger partial charge in [-0.05, 0) is 31.5 Å². The fourth-order valence-electron chi connectivity index (χ4n) is 1.87. The highest BCUT2D eigenvalue weighted by Gasteiger charge is 2.20. The molecule has 20 heavy (non-hydrogen) atoms. The highest BCUT2D eigenvalue weighted by molar-refractivity contribution is 7.89. The summed E-state index contributed by atoms with van der Waals surface area (Å²) < 4.78 is 41.2. The Morgan fingerprint density at radius 2 is 1.95 bits per heavy atom. The molecule has 0 aliphatic rings. The Morgan fingerprint density at radius 1 is 1.30 bits per heavy atom. The van der Waals surface area contributed by atoms with Crippen molar-refractivity contribution in [3.8, 4) is 0 Å². The number of nitrogens with zero attached hydrogens (tertiary/aromatic N) is 2. The molecule has 0 atom stereocenters. The highest BCUT2D eigenvalue weighted by Crippen LogP contribution is 2.14. The molecule has 0 spiro atoms. The molecule has 1 aromatic heterocycles. The molecule has 0 saturated carbocycles. The average molecular weight is 297 g/mol. The summed E-state index contributed by atoms with van der Waals surface area (Å²) in [5, 5.41) is 4.02. The zero-order valence-corrected chi connectivity index (χ0v) is 12.1. The summed E-state index contributed by atoms with van der Waals surface area (Å²) in [5.74, 6) is -0.350. The van der Waals surface area contributed by atoms with Crippen molar-refractivity contribution in [2.75, 3.05) is 0 Å². The first-order valence-corrected chi connectivity index (χ1v) is 7.69. The van der Waals surface area contributed by atoms with Crippen molar-refractivity contribution in [3.63, 3.8) is 0 Å². The molecule has 108 valence electrons. The number of rotatable bonds is 5. The van der Waals surface area contributed by atoms with Crippen LogP contribution in [0.25, 0.3) is 0 Å². The van der Waals surface area contributed by atoms with Gasteiger partial charge in [0, 0.05) is 13.1 Å². The lowest BCUT2D eigenvalue weighted by molar-refractivity contribution is 0.579. The Bertz CT molecular complexity index is 693. The van der Waals surface area contributed by atoms with E-state index in [0.717, 1.165) is 0 Å². The minimum absolute atomic E-state index is 0.110. The predicted octanol–water partition coefficient (Wildman–Crippen LogP) is 1.83. The third-order valence-electron chi connectivity index (χ3n) is 3.03. The van der Waals surface area contributed by atoms with E-state index in [-0.39, 0.29) is 17.3 Å². The van der Waals surface area contributed by atoms with Gasteiger partial charge in [0.15, 0.2) is 0 Å². The van der Waals surface area contributed by atoms with Crippen LogP contribution >= 0.6 is 0 Å². The number of halogens is 1. The second kappa shape index (κ2) is 5.72. The van der Waals surface area contributed by atoms with Crippen molar-refractivity contribution in [2.24, 2.45) is 0 Å². The topological polar surface area (TPSA) is 64.0 Å². The second-order valence-corrected chi connectivity index (χ2v) is 6.10. The largest absolute Gasteiger partial charge is 0.269 e. The van der Waals surface area contributed by atoms with E-state index in [1.807, 2.05) is 6.92 Å². The number of aryl methyl sites for hydroxylation is 1. The normalized spacial score (nSPS) is 11.8. The molecule has 1 N–H and O–H groups in total. The molecule has 0 radical (unpaired) electrons. The van der Waals surface area contributed by atoms with Crippen molar-refractivity contribution < 1.29 is 12.8 Å². The summed E-state index contributed by atoms with van der Waals surface area (Å²) in [6, 6.07) is 5.67. The molecular formula is C13H16FN3O2S. The zero-order valence-electron chi connectivity index (χ0n) is 11.3. The van der Waals surface area contributed by atoms with Gasteiger partial charge in [-0.15, -0.1) is 0 Å². The Morgan fingerprint density at radius 3 is 2.50 bits per heavy atom. The maximum absolute atomic E-state index is 12.8. The minimum atomic E-state index is -3.62. The SMILES string of the molecule is CCn1ncc(S(=O)(=O)NCc2ccc(F)cc2)c1C. The number of hydrogen-bond donors (Lipinski definition) is 1. The molecular weight excluding hydrogens is 281 g/mol. The average Bonchev–Trinajstić information content (AvgIpc) is 2.80. The van der Waals surface area contributed by atoms with Crippen molar-refractivity contribution in [2.45, 2.75) is 31.8 Å². The van der Waals surface area contributed by atoms with E-state index in [2.05, 4.69) is 9.82 Å². The van der Waals surface area contributed by atoms with Gasteiger partial charge in [0.2, 0.25) is 10.0 Å². The fourth-order valence-corrected chi connectivity index (χ4v) is 3.06. The molecule has 0 amide bonds. The summed E-state index contributed by atoms with van der Waals surface area (Å²) in [4.78, 5) is 0.168. The van der Waals surface area contributed by atoms with Crippen LogP contribution in [0.1, 0.15) is 18.2 Å². The van der Waals surface area contributed by atoms with Crippen LogP contribution in [0.4, 0.5) is 4.39 Å². The summed E-state index contributed by atoms with van der Waals surface area (Å²) in [5.41, 5.74) is 1.29. The predicted molar refractivity (Wildman–Crippen MR) is 73.1 cm³/mol. The third kappa shape index (κ3) is 3.05. The molecule has 0 aliphatic carbocycles. The van der Waals surface area contributed by atoms with Gasteiger partial charge in [-0.25, -0.2) is 17.5 Å². The van der Waals surface area contributed by atoms with Crippen LogP contribution in [0, 0.1) is 12.7 Å². The second-order valence-electron chi connectivity index (χ2n) is 4.36. The number of hydrogen-bond acceptors (Lipinski definition) is 3. The first-order valence-electron chi connectivity index (χ1n) is 6.20. The number of benzene rings is 1. The third-order valence-corrected chi connectivity index (χ3v) is 4.53. The number of sulfonamides is 1. The minimum Gasteiger partial charge on any atom is -0.269 e. The van der Waals surface area contributed by atoms with Crippen LogP contribution in [0.15, 0.2) is 35.4 Å². The standard InChI is InChI=1S/C13H16FN3O2S/c1-3-17-10(2)13(9-15-17)20(18,19)16-8-11-4-6-12(14)7-5-11/h4-7,9,16H,3,8H2,1-2H3. The molecule has 1 heterocycles. The maximum Gasteiger partial charge on any atom is 0.244 e. The molecule has 5 nitrogen and oxygen atoms in total. The van der Waals surface area contributed by atoms with Crippen LogP contribution in [-0.2, 0) is 23.1 Å². The Balaban J connectivity index is 2.15. The van der Waals surface area contributed by atoms with E-state index in [1.54, 1.807) is 23.7 Å². The van der Waals surface area contributed by atoms with Crippen molar-refractivity contribution in [1.82, 2.24) is 14.5 Å². The van der Waals surface area contributed by atoms with Crippen LogP contribution < -0.4 is 4.72 Å². The smallest absolute Gasteiger partial charge is 0.244 e. The lowest BCUT2D eigenvalue weighted by Crippen LogP contribution is -2.23. The molecule has 7 heteroatoms. The van der Waals surface area contributed by atoms with Crippen molar-refractivity contribution in [3.05, 3.63) is 47.5 Å². The number of nitrogens with one attached hydrogen (secondary N) is 1.